The number of aliphatic hydroxyl groups is 1. The lowest BCUT2D eigenvalue weighted by atomic mass is 9.98. The summed E-state index contributed by atoms with van der Waals surface area (Å²) < 4.78 is 10.8. The molecule has 2 fully saturated rings. The van der Waals surface area contributed by atoms with E-state index >= 15 is 0 Å². The first kappa shape index (κ1) is 13.6. The Labute approximate surface area is 108 Å². The molecule has 0 aromatic rings. The van der Waals surface area contributed by atoms with E-state index in [0.717, 1.165) is 12.8 Å². The molecule has 5 heteroatoms. The van der Waals surface area contributed by atoms with E-state index in [9.17, 15) is 9.90 Å². The zero-order chi connectivity index (χ0) is 13.4. The average Bonchev–Trinajstić information content (AvgIpc) is 2.99. The standard InChI is InChI=1S/C13H23NO4/c1-12(2,3)18-11(15)14-6-7-17-9-13(16,8-14)10-4-5-10/h10,16H,4-9H2,1-3H3. The second-order valence-corrected chi connectivity index (χ2v) is 6.33. The van der Waals surface area contributed by atoms with Gasteiger partial charge in [0.05, 0.1) is 19.8 Å². The van der Waals surface area contributed by atoms with Crippen molar-refractivity contribution in [3.8, 4) is 0 Å². The SMILES string of the molecule is CC(C)(C)OC(=O)N1CCOCC(O)(C2CC2)C1. The monoisotopic (exact) mass is 257 g/mol. The van der Waals surface area contributed by atoms with Crippen molar-refractivity contribution in [2.45, 2.75) is 44.8 Å². The number of ether oxygens (including phenoxy) is 2. The summed E-state index contributed by atoms with van der Waals surface area (Å²) in [5, 5.41) is 10.5. The van der Waals surface area contributed by atoms with Gasteiger partial charge in [-0.25, -0.2) is 4.79 Å². The fraction of sp³-hybridized carbons (Fsp3) is 0.923. The van der Waals surface area contributed by atoms with E-state index in [1.165, 1.54) is 0 Å². The highest BCUT2D eigenvalue weighted by Gasteiger charge is 2.47. The Balaban J connectivity index is 2.00. The summed E-state index contributed by atoms with van der Waals surface area (Å²) in [5.41, 5.74) is -1.41. The maximum Gasteiger partial charge on any atom is 0.410 e. The Morgan fingerprint density at radius 3 is 2.67 bits per heavy atom. The summed E-state index contributed by atoms with van der Waals surface area (Å²) in [5.74, 6) is 0.264. The lowest BCUT2D eigenvalue weighted by Gasteiger charge is -2.32. The number of β-amino-alcohol motifs (C(OH)–C–C–N with tert-alkyl or cyclic N) is 1. The molecule has 1 atom stereocenters. The lowest BCUT2D eigenvalue weighted by Crippen LogP contribution is -2.49. The third-order valence-corrected chi connectivity index (χ3v) is 3.31. The highest BCUT2D eigenvalue weighted by Crippen LogP contribution is 2.41. The molecule has 1 aliphatic carbocycles. The Kier molecular flexibility index (Phi) is 3.56. The zero-order valence-corrected chi connectivity index (χ0v) is 11.4. The van der Waals surface area contributed by atoms with Gasteiger partial charge in [0, 0.05) is 6.54 Å². The van der Waals surface area contributed by atoms with Crippen LogP contribution in [-0.4, -0.2) is 53.6 Å². The third kappa shape index (κ3) is 3.36. The second-order valence-electron chi connectivity index (χ2n) is 6.33. The molecule has 1 heterocycles. The van der Waals surface area contributed by atoms with Crippen LogP contribution in [0, 0.1) is 5.92 Å². The second kappa shape index (κ2) is 4.70. The average molecular weight is 257 g/mol. The van der Waals surface area contributed by atoms with E-state index < -0.39 is 11.2 Å². The van der Waals surface area contributed by atoms with Gasteiger partial charge in [-0.3, -0.25) is 0 Å². The maximum absolute atomic E-state index is 12.0. The molecule has 18 heavy (non-hydrogen) atoms. The normalized spacial score (nSPS) is 29.9. The van der Waals surface area contributed by atoms with Crippen molar-refractivity contribution in [2.75, 3.05) is 26.3 Å². The summed E-state index contributed by atoms with van der Waals surface area (Å²) >= 11 is 0. The largest absolute Gasteiger partial charge is 0.444 e. The van der Waals surface area contributed by atoms with Crippen LogP contribution >= 0.6 is 0 Å². The number of amides is 1. The minimum Gasteiger partial charge on any atom is -0.444 e. The topological polar surface area (TPSA) is 59.0 Å². The van der Waals surface area contributed by atoms with E-state index in [0.29, 0.717) is 26.3 Å². The van der Waals surface area contributed by atoms with Crippen LogP contribution in [0.25, 0.3) is 0 Å². The quantitative estimate of drug-likeness (QED) is 0.771. The van der Waals surface area contributed by atoms with Gasteiger partial charge in [-0.2, -0.15) is 0 Å². The van der Waals surface area contributed by atoms with E-state index in [-0.39, 0.29) is 12.0 Å². The van der Waals surface area contributed by atoms with Crippen molar-refractivity contribution in [3.05, 3.63) is 0 Å². The van der Waals surface area contributed by atoms with Gasteiger partial charge in [0.15, 0.2) is 0 Å². The first-order valence-corrected chi connectivity index (χ1v) is 6.58. The smallest absolute Gasteiger partial charge is 0.410 e. The molecule has 2 rings (SSSR count). The van der Waals surface area contributed by atoms with E-state index in [2.05, 4.69) is 0 Å². The number of hydrogen-bond donors (Lipinski definition) is 1. The summed E-state index contributed by atoms with van der Waals surface area (Å²) in [4.78, 5) is 13.6. The molecule has 0 spiro atoms. The minimum absolute atomic E-state index is 0.264. The molecule has 2 aliphatic rings. The summed E-state index contributed by atoms with van der Waals surface area (Å²) in [6.45, 7) is 7.08. The number of carbonyl (C=O) groups is 1. The van der Waals surface area contributed by atoms with Crippen molar-refractivity contribution in [3.63, 3.8) is 0 Å². The first-order valence-electron chi connectivity index (χ1n) is 6.58. The number of nitrogens with zero attached hydrogens (tertiary/aromatic N) is 1. The highest BCUT2D eigenvalue weighted by atomic mass is 16.6. The summed E-state index contributed by atoms with van der Waals surface area (Å²) in [6.07, 6.45) is 1.66. The van der Waals surface area contributed by atoms with Gasteiger partial charge < -0.3 is 19.5 Å². The van der Waals surface area contributed by atoms with Gasteiger partial charge in [0.1, 0.15) is 11.2 Å². The predicted octanol–water partition coefficient (Wildman–Crippen LogP) is 1.39. The molecule has 1 amide bonds. The summed E-state index contributed by atoms with van der Waals surface area (Å²) in [6, 6.07) is 0. The molecule has 0 aromatic heterocycles. The van der Waals surface area contributed by atoms with Crippen molar-refractivity contribution in [1.29, 1.82) is 0 Å². The Hall–Kier alpha value is -0.810. The Morgan fingerprint density at radius 1 is 1.44 bits per heavy atom. The van der Waals surface area contributed by atoms with Gasteiger partial charge in [0.25, 0.3) is 0 Å². The van der Waals surface area contributed by atoms with Crippen LogP contribution in [0.15, 0.2) is 0 Å². The maximum atomic E-state index is 12.0. The number of carbonyl (C=O) groups excluding carboxylic acids is 1. The highest BCUT2D eigenvalue weighted by molar-refractivity contribution is 5.68. The van der Waals surface area contributed by atoms with E-state index in [4.69, 9.17) is 9.47 Å². The van der Waals surface area contributed by atoms with Gasteiger partial charge >= 0.3 is 6.09 Å². The van der Waals surface area contributed by atoms with E-state index in [1.54, 1.807) is 4.90 Å². The fourth-order valence-corrected chi connectivity index (χ4v) is 2.23. The van der Waals surface area contributed by atoms with Gasteiger partial charge in [-0.05, 0) is 39.5 Å². The fourth-order valence-electron chi connectivity index (χ4n) is 2.23. The van der Waals surface area contributed by atoms with Crippen LogP contribution in [-0.2, 0) is 9.47 Å². The molecule has 1 aliphatic heterocycles. The van der Waals surface area contributed by atoms with Gasteiger partial charge in [0.2, 0.25) is 0 Å². The molecule has 0 bridgehead atoms. The zero-order valence-electron chi connectivity index (χ0n) is 11.4. The molecule has 1 saturated carbocycles. The molecule has 0 aromatic carbocycles. The number of rotatable bonds is 1. The molecule has 0 radical (unpaired) electrons. The summed E-state index contributed by atoms with van der Waals surface area (Å²) in [7, 11) is 0. The first-order chi connectivity index (χ1) is 8.30. The molecular formula is C13H23NO4. The third-order valence-electron chi connectivity index (χ3n) is 3.31. The van der Waals surface area contributed by atoms with Crippen LogP contribution in [0.4, 0.5) is 4.79 Å². The van der Waals surface area contributed by atoms with Crippen molar-refractivity contribution >= 4 is 6.09 Å². The van der Waals surface area contributed by atoms with Crippen molar-refractivity contribution in [1.82, 2.24) is 4.90 Å². The van der Waals surface area contributed by atoms with Crippen LogP contribution in [0.3, 0.4) is 0 Å². The van der Waals surface area contributed by atoms with Crippen LogP contribution < -0.4 is 0 Å². The van der Waals surface area contributed by atoms with Gasteiger partial charge in [-0.15, -0.1) is 0 Å². The molecule has 1 unspecified atom stereocenters. The molecule has 5 nitrogen and oxygen atoms in total. The Morgan fingerprint density at radius 2 is 2.11 bits per heavy atom. The van der Waals surface area contributed by atoms with Crippen LogP contribution in [0.1, 0.15) is 33.6 Å². The molecule has 104 valence electrons. The lowest BCUT2D eigenvalue weighted by molar-refractivity contribution is -0.0549. The number of hydrogen-bond acceptors (Lipinski definition) is 4. The molecule has 1 N–H and O–H groups in total. The Bertz CT molecular complexity index is 321. The van der Waals surface area contributed by atoms with Crippen molar-refractivity contribution < 1.29 is 19.4 Å². The van der Waals surface area contributed by atoms with Gasteiger partial charge in [-0.1, -0.05) is 0 Å². The van der Waals surface area contributed by atoms with Crippen molar-refractivity contribution in [2.24, 2.45) is 5.92 Å². The molecule has 1 saturated heterocycles. The molecular weight excluding hydrogens is 234 g/mol. The van der Waals surface area contributed by atoms with Crippen LogP contribution in [0.5, 0.6) is 0 Å². The predicted molar refractivity (Wildman–Crippen MR) is 66.3 cm³/mol. The minimum atomic E-state index is -0.895. The van der Waals surface area contributed by atoms with E-state index in [1.807, 2.05) is 20.8 Å². The van der Waals surface area contributed by atoms with Crippen LogP contribution in [0.2, 0.25) is 0 Å².